The van der Waals surface area contributed by atoms with Gasteiger partial charge in [0.15, 0.2) is 11.7 Å². The highest BCUT2D eigenvalue weighted by molar-refractivity contribution is 6.33. The number of carbonyl (C=O) groups excluding carboxylic acids is 1. The zero-order valence-electron chi connectivity index (χ0n) is 13.8. The molecule has 0 atom stereocenters. The largest absolute Gasteiger partial charge is 0.441 e. The van der Waals surface area contributed by atoms with Gasteiger partial charge in [-0.05, 0) is 18.2 Å². The predicted octanol–water partition coefficient (Wildman–Crippen LogP) is 4.61. The number of hydrogen-bond donors (Lipinski definition) is 1. The monoisotopic (exact) mass is 389 g/mol. The number of halogens is 2. The maximum Gasteiger partial charge on any atom is 0.271 e. The minimum Gasteiger partial charge on any atom is -0.441 e. The first-order valence-electron chi connectivity index (χ1n) is 7.87. The summed E-state index contributed by atoms with van der Waals surface area (Å²) in [6.45, 7) is 0. The molecule has 3 aromatic rings. The lowest BCUT2D eigenvalue weighted by Crippen LogP contribution is -2.13. The van der Waals surface area contributed by atoms with Gasteiger partial charge in [0.2, 0.25) is 5.91 Å². The molecule has 0 aliphatic carbocycles. The van der Waals surface area contributed by atoms with Gasteiger partial charge < -0.3 is 9.73 Å². The number of anilines is 1. The number of non-ortho nitro benzene ring substituents is 1. The fourth-order valence-electron chi connectivity index (χ4n) is 2.37. The van der Waals surface area contributed by atoms with Crippen molar-refractivity contribution in [1.82, 2.24) is 4.98 Å². The number of aryl methyl sites for hydroxylation is 1. The van der Waals surface area contributed by atoms with Crippen LogP contribution in [0.4, 0.5) is 15.8 Å². The van der Waals surface area contributed by atoms with E-state index in [1.54, 1.807) is 18.2 Å². The first kappa shape index (κ1) is 18.5. The van der Waals surface area contributed by atoms with E-state index in [1.807, 2.05) is 6.07 Å². The molecule has 0 saturated carbocycles. The van der Waals surface area contributed by atoms with E-state index >= 15 is 0 Å². The van der Waals surface area contributed by atoms with Gasteiger partial charge in [-0.3, -0.25) is 14.9 Å². The Hall–Kier alpha value is -3.26. The summed E-state index contributed by atoms with van der Waals surface area (Å²) in [5.74, 6) is -0.488. The molecular formula is C18H13ClFN3O4. The third-order valence-corrected chi connectivity index (χ3v) is 4.02. The SMILES string of the molecule is O=C(CCc1ncc(-c2ccccc2Cl)o1)Nc1cc([N+](=O)[O-])ccc1F. The number of carbonyl (C=O) groups is 1. The summed E-state index contributed by atoms with van der Waals surface area (Å²) in [5, 5.41) is 13.6. The summed E-state index contributed by atoms with van der Waals surface area (Å²) in [5.41, 5.74) is 0.114. The van der Waals surface area contributed by atoms with Gasteiger partial charge in [0.25, 0.3) is 5.69 Å². The average molecular weight is 390 g/mol. The zero-order chi connectivity index (χ0) is 19.4. The molecule has 0 aliphatic rings. The van der Waals surface area contributed by atoms with Gasteiger partial charge in [-0.25, -0.2) is 9.37 Å². The van der Waals surface area contributed by atoms with Gasteiger partial charge in [0, 0.05) is 30.5 Å². The van der Waals surface area contributed by atoms with Crippen LogP contribution in [-0.4, -0.2) is 15.8 Å². The molecule has 1 aromatic heterocycles. The molecule has 1 heterocycles. The minimum atomic E-state index is -0.758. The number of rotatable bonds is 6. The molecule has 0 spiro atoms. The maximum atomic E-state index is 13.7. The van der Waals surface area contributed by atoms with Gasteiger partial charge >= 0.3 is 0 Å². The Morgan fingerprint density at radius 3 is 2.81 bits per heavy atom. The lowest BCUT2D eigenvalue weighted by molar-refractivity contribution is -0.384. The molecule has 3 rings (SSSR count). The van der Waals surface area contributed by atoms with Crippen LogP contribution in [0.5, 0.6) is 0 Å². The number of hydrogen-bond acceptors (Lipinski definition) is 5. The first-order valence-corrected chi connectivity index (χ1v) is 8.25. The highest BCUT2D eigenvalue weighted by Crippen LogP contribution is 2.28. The second kappa shape index (κ2) is 7.96. The standard InChI is InChI=1S/C18H13ClFN3O4/c19-13-4-2-1-3-12(13)16-10-21-18(27-16)8-7-17(24)22-15-9-11(23(25)26)5-6-14(15)20/h1-6,9-10H,7-8H2,(H,22,24). The van der Waals surface area contributed by atoms with Crippen LogP contribution in [-0.2, 0) is 11.2 Å². The number of nitro groups is 1. The van der Waals surface area contributed by atoms with Gasteiger partial charge in [0.05, 0.1) is 21.8 Å². The van der Waals surface area contributed by atoms with Crippen LogP contribution in [0, 0.1) is 15.9 Å². The Labute approximate surface area is 157 Å². The molecule has 1 N–H and O–H groups in total. The van der Waals surface area contributed by atoms with E-state index in [2.05, 4.69) is 10.3 Å². The predicted molar refractivity (Wildman–Crippen MR) is 97.0 cm³/mol. The summed E-state index contributed by atoms with van der Waals surface area (Å²) in [4.78, 5) is 26.2. The summed E-state index contributed by atoms with van der Waals surface area (Å²) in [6.07, 6.45) is 1.64. The summed E-state index contributed by atoms with van der Waals surface area (Å²) < 4.78 is 19.3. The quantitative estimate of drug-likeness (QED) is 0.490. The van der Waals surface area contributed by atoms with E-state index in [9.17, 15) is 19.3 Å². The Morgan fingerprint density at radius 2 is 2.07 bits per heavy atom. The molecule has 0 unspecified atom stereocenters. The lowest BCUT2D eigenvalue weighted by atomic mass is 10.2. The van der Waals surface area contributed by atoms with Crippen LogP contribution < -0.4 is 5.32 Å². The third-order valence-electron chi connectivity index (χ3n) is 3.69. The fourth-order valence-corrected chi connectivity index (χ4v) is 2.60. The van der Waals surface area contributed by atoms with Crippen molar-refractivity contribution in [3.8, 4) is 11.3 Å². The third kappa shape index (κ3) is 4.48. The number of amides is 1. The normalized spacial score (nSPS) is 10.6. The molecule has 2 aromatic carbocycles. The molecular weight excluding hydrogens is 377 g/mol. The second-order valence-electron chi connectivity index (χ2n) is 5.57. The number of benzene rings is 2. The van der Waals surface area contributed by atoms with E-state index in [0.29, 0.717) is 22.2 Å². The fraction of sp³-hybridized carbons (Fsp3) is 0.111. The van der Waals surface area contributed by atoms with Crippen molar-refractivity contribution in [3.63, 3.8) is 0 Å². The van der Waals surface area contributed by atoms with Crippen molar-refractivity contribution in [1.29, 1.82) is 0 Å². The van der Waals surface area contributed by atoms with E-state index in [-0.39, 0.29) is 24.2 Å². The van der Waals surface area contributed by atoms with Crippen molar-refractivity contribution in [2.24, 2.45) is 0 Å². The molecule has 7 nitrogen and oxygen atoms in total. The maximum absolute atomic E-state index is 13.7. The van der Waals surface area contributed by atoms with Crippen molar-refractivity contribution < 1.29 is 18.5 Å². The minimum absolute atomic E-state index is 0.0371. The molecule has 0 radical (unpaired) electrons. The number of aromatic nitrogens is 1. The smallest absolute Gasteiger partial charge is 0.271 e. The molecule has 0 saturated heterocycles. The van der Waals surface area contributed by atoms with Crippen LogP contribution in [0.1, 0.15) is 12.3 Å². The van der Waals surface area contributed by atoms with E-state index < -0.39 is 16.6 Å². The van der Waals surface area contributed by atoms with Crippen LogP contribution in [0.15, 0.2) is 53.1 Å². The van der Waals surface area contributed by atoms with Gasteiger partial charge in [-0.15, -0.1) is 0 Å². The van der Waals surface area contributed by atoms with E-state index in [1.165, 1.54) is 6.20 Å². The summed E-state index contributed by atoms with van der Waals surface area (Å²) in [7, 11) is 0. The topological polar surface area (TPSA) is 98.3 Å². The van der Waals surface area contributed by atoms with E-state index in [0.717, 1.165) is 18.2 Å². The summed E-state index contributed by atoms with van der Waals surface area (Å²) in [6, 6.07) is 10.0. The molecule has 27 heavy (non-hydrogen) atoms. The Balaban J connectivity index is 1.63. The molecule has 138 valence electrons. The average Bonchev–Trinajstić information content (AvgIpc) is 3.11. The van der Waals surface area contributed by atoms with Gasteiger partial charge in [-0.1, -0.05) is 23.7 Å². The van der Waals surface area contributed by atoms with Crippen LogP contribution >= 0.6 is 11.6 Å². The van der Waals surface area contributed by atoms with Crippen LogP contribution in [0.3, 0.4) is 0 Å². The molecule has 1 amide bonds. The molecule has 0 aliphatic heterocycles. The Bertz CT molecular complexity index is 1010. The Kier molecular flexibility index (Phi) is 5.46. The lowest BCUT2D eigenvalue weighted by Gasteiger charge is -2.05. The molecule has 0 bridgehead atoms. The molecule has 9 heteroatoms. The number of oxazole rings is 1. The van der Waals surface area contributed by atoms with Crippen LogP contribution in [0.25, 0.3) is 11.3 Å². The van der Waals surface area contributed by atoms with Crippen molar-refractivity contribution in [3.05, 3.63) is 75.5 Å². The number of nitrogens with zero attached hydrogens (tertiary/aromatic N) is 2. The van der Waals surface area contributed by atoms with Crippen molar-refractivity contribution in [2.75, 3.05) is 5.32 Å². The summed E-state index contributed by atoms with van der Waals surface area (Å²) >= 11 is 6.10. The van der Waals surface area contributed by atoms with Crippen molar-refractivity contribution >= 4 is 28.9 Å². The number of nitro benzene ring substituents is 1. The Morgan fingerprint density at radius 1 is 1.30 bits per heavy atom. The highest BCUT2D eigenvalue weighted by atomic mass is 35.5. The number of nitrogens with one attached hydrogen (secondary N) is 1. The van der Waals surface area contributed by atoms with Gasteiger partial charge in [0.1, 0.15) is 5.82 Å². The van der Waals surface area contributed by atoms with Gasteiger partial charge in [-0.2, -0.15) is 0 Å². The van der Waals surface area contributed by atoms with E-state index in [4.69, 9.17) is 16.0 Å². The molecule has 0 fully saturated rings. The zero-order valence-corrected chi connectivity index (χ0v) is 14.6. The first-order chi connectivity index (χ1) is 12.9. The highest BCUT2D eigenvalue weighted by Gasteiger charge is 2.15. The van der Waals surface area contributed by atoms with Crippen LogP contribution in [0.2, 0.25) is 5.02 Å². The van der Waals surface area contributed by atoms with Crippen molar-refractivity contribution in [2.45, 2.75) is 12.8 Å². The second-order valence-corrected chi connectivity index (χ2v) is 5.97.